The van der Waals surface area contributed by atoms with E-state index >= 15 is 0 Å². The third-order valence-corrected chi connectivity index (χ3v) is 4.00. The van der Waals surface area contributed by atoms with Gasteiger partial charge in [-0.05, 0) is 18.1 Å². The third-order valence-electron chi connectivity index (χ3n) is 2.93. The number of fused-ring (bicyclic) bond motifs is 1. The summed E-state index contributed by atoms with van der Waals surface area (Å²) in [6.07, 6.45) is 0.758. The van der Waals surface area contributed by atoms with Gasteiger partial charge >= 0.3 is 0 Å². The molecule has 0 atom stereocenters. The van der Waals surface area contributed by atoms with Crippen molar-refractivity contribution in [2.75, 3.05) is 0 Å². The van der Waals surface area contributed by atoms with Crippen LogP contribution in [-0.2, 0) is 13.0 Å². The predicted molar refractivity (Wildman–Crippen MR) is 78.0 cm³/mol. The molecule has 0 unspecified atom stereocenters. The zero-order chi connectivity index (χ0) is 14.1. The lowest BCUT2D eigenvalue weighted by atomic mass is 10.1. The summed E-state index contributed by atoms with van der Waals surface area (Å²) in [6, 6.07) is 7.58. The number of nitrogens with zero attached hydrogens (tertiary/aromatic N) is 3. The van der Waals surface area contributed by atoms with Gasteiger partial charge in [0.2, 0.25) is 5.89 Å². The zero-order valence-corrected chi connectivity index (χ0v) is 12.2. The largest absolute Gasteiger partial charge is 0.339 e. The van der Waals surface area contributed by atoms with Gasteiger partial charge in [-0.3, -0.25) is 8.75 Å². The van der Waals surface area contributed by atoms with Crippen molar-refractivity contribution >= 4 is 21.6 Å². The van der Waals surface area contributed by atoms with Gasteiger partial charge in [0.15, 0.2) is 5.82 Å². The lowest BCUT2D eigenvalue weighted by molar-refractivity contribution is 0.358. The monoisotopic (exact) mass is 289 g/mol. The second kappa shape index (κ2) is 5.20. The molecule has 0 aliphatic carbocycles. The first-order valence-corrected chi connectivity index (χ1v) is 7.31. The molecule has 0 aliphatic heterocycles. The van der Waals surface area contributed by atoms with Crippen molar-refractivity contribution in [3.63, 3.8) is 0 Å². The molecule has 0 saturated carbocycles. The summed E-state index contributed by atoms with van der Waals surface area (Å²) in [5.74, 6) is 1.65. The van der Waals surface area contributed by atoms with Crippen molar-refractivity contribution in [2.24, 2.45) is 5.92 Å². The van der Waals surface area contributed by atoms with Gasteiger partial charge in [0, 0.05) is 6.42 Å². The van der Waals surface area contributed by atoms with E-state index in [4.69, 9.17) is 4.52 Å². The Balaban J connectivity index is 1.87. The van der Waals surface area contributed by atoms with Gasteiger partial charge < -0.3 is 4.52 Å². The van der Waals surface area contributed by atoms with Gasteiger partial charge in [-0.1, -0.05) is 42.7 Å². The van der Waals surface area contributed by atoms with Gasteiger partial charge in [-0.15, -0.1) is 0 Å². The average molecular weight is 289 g/mol. The van der Waals surface area contributed by atoms with E-state index in [9.17, 15) is 4.79 Å². The summed E-state index contributed by atoms with van der Waals surface area (Å²) in [5.41, 5.74) is 0.000750. The quantitative estimate of drug-likeness (QED) is 0.741. The molecule has 3 rings (SSSR count). The summed E-state index contributed by atoms with van der Waals surface area (Å²) in [5, 5.41) is 4.68. The number of hydrogen-bond donors (Lipinski definition) is 0. The molecule has 0 bridgehead atoms. The van der Waals surface area contributed by atoms with Crippen LogP contribution in [0.3, 0.4) is 0 Å². The van der Waals surface area contributed by atoms with Crippen LogP contribution in [0.5, 0.6) is 0 Å². The van der Waals surface area contributed by atoms with Gasteiger partial charge in [0.05, 0.1) is 10.1 Å². The molecule has 2 heterocycles. The highest BCUT2D eigenvalue weighted by Crippen LogP contribution is 2.16. The second-order valence-electron chi connectivity index (χ2n) is 5.13. The van der Waals surface area contributed by atoms with Gasteiger partial charge in [0.25, 0.3) is 5.56 Å². The standard InChI is InChI=1S/C14H15N3O2S/c1-9(2)7-13-15-12(16-19-13)8-17-14(18)10-5-3-4-6-11(10)20-17/h3-6,9H,7-8H2,1-2H3. The highest BCUT2D eigenvalue weighted by Gasteiger charge is 2.12. The van der Waals surface area contributed by atoms with E-state index in [1.54, 1.807) is 3.96 Å². The topological polar surface area (TPSA) is 60.9 Å². The van der Waals surface area contributed by atoms with Crippen LogP contribution in [-0.4, -0.2) is 14.1 Å². The maximum absolute atomic E-state index is 12.2. The zero-order valence-electron chi connectivity index (χ0n) is 11.4. The van der Waals surface area contributed by atoms with Crippen LogP contribution in [0.15, 0.2) is 33.6 Å². The molecule has 0 spiro atoms. The Morgan fingerprint density at radius 1 is 1.35 bits per heavy atom. The second-order valence-corrected chi connectivity index (χ2v) is 6.19. The van der Waals surface area contributed by atoms with Gasteiger partial charge in [-0.25, -0.2) is 0 Å². The molecular formula is C14H15N3O2S. The molecule has 0 radical (unpaired) electrons. The first-order chi connectivity index (χ1) is 9.63. The van der Waals surface area contributed by atoms with Gasteiger partial charge in [-0.2, -0.15) is 4.98 Å². The summed E-state index contributed by atoms with van der Waals surface area (Å²) in [6.45, 7) is 4.56. The predicted octanol–water partition coefficient (Wildman–Crippen LogP) is 2.69. The third kappa shape index (κ3) is 2.51. The number of hydrogen-bond acceptors (Lipinski definition) is 5. The van der Waals surface area contributed by atoms with Crippen molar-refractivity contribution in [3.05, 3.63) is 46.3 Å². The SMILES string of the molecule is CC(C)Cc1nc(Cn2sc3ccccc3c2=O)no1. The highest BCUT2D eigenvalue weighted by molar-refractivity contribution is 7.13. The Morgan fingerprint density at radius 2 is 2.15 bits per heavy atom. The Morgan fingerprint density at radius 3 is 2.90 bits per heavy atom. The van der Waals surface area contributed by atoms with E-state index < -0.39 is 0 Å². The van der Waals surface area contributed by atoms with Crippen molar-refractivity contribution in [1.82, 2.24) is 14.1 Å². The summed E-state index contributed by atoms with van der Waals surface area (Å²) < 4.78 is 7.83. The van der Waals surface area contributed by atoms with Crippen LogP contribution in [0.2, 0.25) is 0 Å². The lowest BCUT2D eigenvalue weighted by Gasteiger charge is -1.96. The van der Waals surface area contributed by atoms with Crippen molar-refractivity contribution in [1.29, 1.82) is 0 Å². The molecule has 0 aliphatic rings. The fraction of sp³-hybridized carbons (Fsp3) is 0.357. The van der Waals surface area contributed by atoms with E-state index in [1.807, 2.05) is 24.3 Å². The van der Waals surface area contributed by atoms with Crippen LogP contribution in [0.1, 0.15) is 25.6 Å². The molecule has 1 aromatic carbocycles. The molecule has 0 amide bonds. The summed E-state index contributed by atoms with van der Waals surface area (Å²) in [4.78, 5) is 16.5. The minimum atomic E-state index is 0.000750. The minimum Gasteiger partial charge on any atom is -0.339 e. The molecule has 6 heteroatoms. The molecular weight excluding hydrogens is 274 g/mol. The number of rotatable bonds is 4. The molecule has 0 saturated heterocycles. The van der Waals surface area contributed by atoms with Crippen molar-refractivity contribution in [2.45, 2.75) is 26.8 Å². The minimum absolute atomic E-state index is 0.000750. The smallest absolute Gasteiger partial charge is 0.268 e. The normalized spacial score (nSPS) is 11.6. The van der Waals surface area contributed by atoms with Crippen molar-refractivity contribution < 1.29 is 4.52 Å². The Labute approximate surface area is 120 Å². The Hall–Kier alpha value is -1.95. The van der Waals surface area contributed by atoms with Gasteiger partial charge in [0.1, 0.15) is 6.54 Å². The first-order valence-electron chi connectivity index (χ1n) is 6.54. The van der Waals surface area contributed by atoms with E-state index in [-0.39, 0.29) is 5.56 Å². The molecule has 0 fully saturated rings. The van der Waals surface area contributed by atoms with Crippen LogP contribution in [0, 0.1) is 5.92 Å². The van der Waals surface area contributed by atoms with E-state index in [1.165, 1.54) is 11.5 Å². The fourth-order valence-electron chi connectivity index (χ4n) is 2.04. The molecule has 104 valence electrons. The molecule has 20 heavy (non-hydrogen) atoms. The van der Waals surface area contributed by atoms with Crippen LogP contribution in [0.4, 0.5) is 0 Å². The van der Waals surface area contributed by atoms with Crippen LogP contribution < -0.4 is 5.56 Å². The molecule has 5 nitrogen and oxygen atoms in total. The highest BCUT2D eigenvalue weighted by atomic mass is 32.1. The van der Waals surface area contributed by atoms with Crippen LogP contribution >= 0.6 is 11.5 Å². The first kappa shape index (κ1) is 13.1. The van der Waals surface area contributed by atoms with E-state index in [0.717, 1.165) is 16.5 Å². The number of benzene rings is 1. The maximum Gasteiger partial charge on any atom is 0.268 e. The number of aromatic nitrogens is 3. The van der Waals surface area contributed by atoms with E-state index in [2.05, 4.69) is 24.0 Å². The molecule has 0 N–H and O–H groups in total. The summed E-state index contributed by atoms with van der Waals surface area (Å²) >= 11 is 1.42. The van der Waals surface area contributed by atoms with E-state index in [0.29, 0.717) is 24.2 Å². The van der Waals surface area contributed by atoms with Crippen LogP contribution in [0.25, 0.3) is 10.1 Å². The average Bonchev–Trinajstić information content (AvgIpc) is 2.96. The maximum atomic E-state index is 12.2. The van der Waals surface area contributed by atoms with Crippen molar-refractivity contribution in [3.8, 4) is 0 Å². The Kier molecular flexibility index (Phi) is 3.40. The molecule has 3 aromatic rings. The molecule has 2 aromatic heterocycles. The Bertz CT molecular complexity index is 785. The fourth-order valence-corrected chi connectivity index (χ4v) is 3.03. The summed E-state index contributed by atoms with van der Waals surface area (Å²) in [7, 11) is 0. The lowest BCUT2D eigenvalue weighted by Crippen LogP contribution is -2.14.